The minimum atomic E-state index is -5.05. The molecule has 0 spiro atoms. The van der Waals surface area contributed by atoms with Crippen molar-refractivity contribution >= 4 is 9.84 Å². The van der Waals surface area contributed by atoms with Crippen molar-refractivity contribution in [3.05, 3.63) is 65.4 Å². The molecule has 0 unspecified atom stereocenters. The van der Waals surface area contributed by atoms with E-state index in [9.17, 15) is 43.5 Å². The SMILES string of the molecule is CS(=O)(=O)c1cc(F)c(-c2cc(C(F)(F)F)nn2-c2cccc(C(F)(F)F)c2)cc1F. The van der Waals surface area contributed by atoms with E-state index in [1.165, 1.54) is 0 Å². The Morgan fingerprint density at radius 1 is 0.871 bits per heavy atom. The molecule has 0 radical (unpaired) electrons. The van der Waals surface area contributed by atoms with Gasteiger partial charge in [-0.2, -0.15) is 31.4 Å². The Hall–Kier alpha value is -2.96. The van der Waals surface area contributed by atoms with Gasteiger partial charge in [0.15, 0.2) is 15.5 Å². The molecule has 1 aromatic heterocycles. The number of alkyl halides is 6. The number of nitrogens with zero attached hydrogens (tertiary/aromatic N) is 2. The zero-order valence-corrected chi connectivity index (χ0v) is 16.0. The van der Waals surface area contributed by atoms with Crippen molar-refractivity contribution in [3.63, 3.8) is 0 Å². The standard InChI is InChI=1S/C18H10F8N2O2S/c1-31(29,30)15-7-12(19)11(6-13(15)20)14-8-16(18(24,25)26)27-28(14)10-4-2-3-9(5-10)17(21,22)23/h2-8H,1H3. The largest absolute Gasteiger partial charge is 0.435 e. The highest BCUT2D eigenvalue weighted by Crippen LogP contribution is 2.36. The van der Waals surface area contributed by atoms with Crippen LogP contribution in [0, 0.1) is 11.6 Å². The van der Waals surface area contributed by atoms with Gasteiger partial charge in [-0.1, -0.05) is 6.07 Å². The van der Waals surface area contributed by atoms with E-state index < -0.39 is 66.9 Å². The molecule has 13 heteroatoms. The normalized spacial score (nSPS) is 12.9. The third-order valence-corrected chi connectivity index (χ3v) is 5.23. The Morgan fingerprint density at radius 2 is 1.52 bits per heavy atom. The van der Waals surface area contributed by atoms with Crippen molar-refractivity contribution < 1.29 is 43.5 Å². The average Bonchev–Trinajstić information content (AvgIpc) is 3.07. The van der Waals surface area contributed by atoms with Gasteiger partial charge >= 0.3 is 12.4 Å². The number of hydrogen-bond donors (Lipinski definition) is 0. The lowest BCUT2D eigenvalue weighted by molar-refractivity contribution is -0.141. The molecule has 0 bridgehead atoms. The molecule has 0 atom stereocenters. The third-order valence-electron chi connectivity index (χ3n) is 4.11. The lowest BCUT2D eigenvalue weighted by atomic mass is 10.1. The molecule has 3 aromatic rings. The van der Waals surface area contributed by atoms with Crippen molar-refractivity contribution in [1.29, 1.82) is 0 Å². The Balaban J connectivity index is 2.30. The number of sulfone groups is 1. The molecule has 31 heavy (non-hydrogen) atoms. The van der Waals surface area contributed by atoms with Crippen molar-refractivity contribution in [2.24, 2.45) is 0 Å². The second-order valence-corrected chi connectivity index (χ2v) is 8.39. The van der Waals surface area contributed by atoms with Gasteiger partial charge in [-0.25, -0.2) is 21.9 Å². The van der Waals surface area contributed by atoms with Gasteiger partial charge < -0.3 is 0 Å². The highest BCUT2D eigenvalue weighted by atomic mass is 32.2. The van der Waals surface area contributed by atoms with Gasteiger partial charge in [-0.05, 0) is 36.4 Å². The summed E-state index contributed by atoms with van der Waals surface area (Å²) in [6.07, 6.45) is -9.28. The molecule has 0 fully saturated rings. The third kappa shape index (κ3) is 4.55. The fraction of sp³-hybridized carbons (Fsp3) is 0.167. The summed E-state index contributed by atoms with van der Waals surface area (Å²) in [5.41, 5.74) is -4.85. The van der Waals surface area contributed by atoms with Crippen LogP contribution in [-0.2, 0) is 22.2 Å². The fourth-order valence-electron chi connectivity index (χ4n) is 2.73. The first kappa shape index (κ1) is 22.7. The van der Waals surface area contributed by atoms with E-state index in [0.717, 1.165) is 12.1 Å². The summed E-state index contributed by atoms with van der Waals surface area (Å²) in [5, 5.41) is 3.21. The smallest absolute Gasteiger partial charge is 0.232 e. The molecule has 3 rings (SSSR count). The van der Waals surface area contributed by atoms with Gasteiger partial charge in [0.25, 0.3) is 0 Å². The second kappa shape index (κ2) is 7.32. The van der Waals surface area contributed by atoms with Crippen molar-refractivity contribution in [2.75, 3.05) is 6.26 Å². The molecule has 4 nitrogen and oxygen atoms in total. The fourth-order valence-corrected chi connectivity index (χ4v) is 3.46. The van der Waals surface area contributed by atoms with E-state index in [1.807, 2.05) is 0 Å². The highest BCUT2D eigenvalue weighted by molar-refractivity contribution is 7.90. The van der Waals surface area contributed by atoms with Crippen LogP contribution < -0.4 is 0 Å². The minimum Gasteiger partial charge on any atom is -0.232 e. The van der Waals surface area contributed by atoms with Gasteiger partial charge in [0.1, 0.15) is 16.5 Å². The Kier molecular flexibility index (Phi) is 5.37. The molecule has 0 saturated heterocycles. The van der Waals surface area contributed by atoms with Crippen molar-refractivity contribution in [3.8, 4) is 16.9 Å². The first-order valence-electron chi connectivity index (χ1n) is 8.13. The number of aromatic nitrogens is 2. The molecule has 0 aliphatic rings. The van der Waals surface area contributed by atoms with Crippen LogP contribution in [0.5, 0.6) is 0 Å². The Morgan fingerprint density at radius 3 is 2.06 bits per heavy atom. The van der Waals surface area contributed by atoms with Crippen molar-refractivity contribution in [1.82, 2.24) is 9.78 Å². The molecule has 1 heterocycles. The van der Waals surface area contributed by atoms with E-state index in [-0.39, 0.29) is 6.07 Å². The summed E-state index contributed by atoms with van der Waals surface area (Å²) in [4.78, 5) is -1.03. The van der Waals surface area contributed by atoms with Crippen LogP contribution in [-0.4, -0.2) is 24.5 Å². The quantitative estimate of drug-likeness (QED) is 0.491. The van der Waals surface area contributed by atoms with Crippen LogP contribution in [0.4, 0.5) is 35.1 Å². The van der Waals surface area contributed by atoms with Gasteiger partial charge in [-0.15, -0.1) is 0 Å². The van der Waals surface area contributed by atoms with E-state index in [1.54, 1.807) is 0 Å². The Bertz CT molecular complexity index is 1260. The highest BCUT2D eigenvalue weighted by Gasteiger charge is 2.36. The summed E-state index contributed by atoms with van der Waals surface area (Å²) in [7, 11) is -4.20. The topological polar surface area (TPSA) is 52.0 Å². The van der Waals surface area contributed by atoms with E-state index >= 15 is 0 Å². The molecule has 0 amide bonds. The maximum atomic E-state index is 14.6. The van der Waals surface area contributed by atoms with Gasteiger partial charge in [0.05, 0.1) is 16.9 Å². The maximum Gasteiger partial charge on any atom is 0.435 e. The lowest BCUT2D eigenvalue weighted by Gasteiger charge is -2.12. The van der Waals surface area contributed by atoms with Crippen LogP contribution in [0.25, 0.3) is 16.9 Å². The Labute approximate surface area is 169 Å². The number of benzene rings is 2. The predicted molar refractivity (Wildman–Crippen MR) is 92.0 cm³/mol. The van der Waals surface area contributed by atoms with E-state index in [2.05, 4.69) is 5.10 Å². The summed E-state index contributed by atoms with van der Waals surface area (Å²) in [6.45, 7) is 0. The lowest BCUT2D eigenvalue weighted by Crippen LogP contribution is -2.09. The monoisotopic (exact) mass is 470 g/mol. The van der Waals surface area contributed by atoms with Gasteiger partial charge in [0, 0.05) is 11.8 Å². The molecule has 0 saturated carbocycles. The summed E-state index contributed by atoms with van der Waals surface area (Å²) >= 11 is 0. The average molecular weight is 470 g/mol. The summed E-state index contributed by atoms with van der Waals surface area (Å²) < 4.78 is 131. The molecule has 0 aliphatic carbocycles. The minimum absolute atomic E-state index is 0.275. The van der Waals surface area contributed by atoms with Crippen LogP contribution in [0.15, 0.2) is 47.4 Å². The van der Waals surface area contributed by atoms with Crippen LogP contribution in [0.3, 0.4) is 0 Å². The molecule has 2 aromatic carbocycles. The number of hydrogen-bond acceptors (Lipinski definition) is 3. The maximum absolute atomic E-state index is 14.6. The van der Waals surface area contributed by atoms with Gasteiger partial charge in [-0.3, -0.25) is 0 Å². The first-order valence-corrected chi connectivity index (χ1v) is 10.0. The van der Waals surface area contributed by atoms with Gasteiger partial charge in [0.2, 0.25) is 0 Å². The molecule has 0 aliphatic heterocycles. The molecule has 0 N–H and O–H groups in total. The van der Waals surface area contributed by atoms with Crippen LogP contribution in [0.1, 0.15) is 11.3 Å². The van der Waals surface area contributed by atoms with E-state index in [0.29, 0.717) is 35.2 Å². The van der Waals surface area contributed by atoms with Crippen molar-refractivity contribution in [2.45, 2.75) is 17.2 Å². The molecular formula is C18H10F8N2O2S. The van der Waals surface area contributed by atoms with Crippen LogP contribution in [0.2, 0.25) is 0 Å². The number of rotatable bonds is 3. The second-order valence-electron chi connectivity index (χ2n) is 6.41. The first-order chi connectivity index (χ1) is 14.1. The zero-order chi connectivity index (χ0) is 23.4. The zero-order valence-electron chi connectivity index (χ0n) is 15.2. The number of halogens is 8. The predicted octanol–water partition coefficient (Wildman–Crippen LogP) is 5.26. The van der Waals surface area contributed by atoms with E-state index in [4.69, 9.17) is 0 Å². The summed E-state index contributed by atoms with van der Waals surface area (Å²) in [5.74, 6) is -2.87. The summed E-state index contributed by atoms with van der Waals surface area (Å²) in [6, 6.07) is 3.97. The molecule has 166 valence electrons. The van der Waals surface area contributed by atoms with Crippen LogP contribution >= 0.6 is 0 Å². The molecular weight excluding hydrogens is 460 g/mol.